The van der Waals surface area contributed by atoms with Gasteiger partial charge in [0.05, 0.1) is 6.61 Å². The van der Waals surface area contributed by atoms with Crippen LogP contribution in [0.1, 0.15) is 64.5 Å². The number of hydrogen-bond donors (Lipinski definition) is 1. The van der Waals surface area contributed by atoms with Crippen molar-refractivity contribution in [1.82, 2.24) is 0 Å². The molecule has 0 amide bonds. The average Bonchev–Trinajstić information content (AvgIpc) is 2.59. The van der Waals surface area contributed by atoms with E-state index >= 15 is 0 Å². The topological polar surface area (TPSA) is 46.5 Å². The maximum Gasteiger partial charge on any atom is 0.330 e. The number of aliphatic hydroxyl groups excluding tert-OH is 1. The van der Waals surface area contributed by atoms with Gasteiger partial charge in [-0.25, -0.2) is 4.79 Å². The molecule has 0 spiro atoms. The standard InChI is InChI=1S/C21H30O3/c1-4-11-17(15-10-16-20(22)24-6-3)19(12-5-2)21(23)18-13-8-7-9-14-18/h7-10,13-14,16,21,23H,4-6,11-12,15H2,1-3H3/b16-10+,19-17+. The van der Waals surface area contributed by atoms with Crippen LogP contribution in [0.5, 0.6) is 0 Å². The van der Waals surface area contributed by atoms with Gasteiger partial charge in [0.2, 0.25) is 0 Å². The van der Waals surface area contributed by atoms with E-state index in [9.17, 15) is 9.90 Å². The summed E-state index contributed by atoms with van der Waals surface area (Å²) >= 11 is 0. The summed E-state index contributed by atoms with van der Waals surface area (Å²) in [5.41, 5.74) is 3.22. The summed E-state index contributed by atoms with van der Waals surface area (Å²) in [6, 6.07) is 9.76. The predicted molar refractivity (Wildman–Crippen MR) is 98.6 cm³/mol. The fourth-order valence-electron chi connectivity index (χ4n) is 2.80. The highest BCUT2D eigenvalue weighted by Crippen LogP contribution is 2.31. The molecule has 0 aliphatic heterocycles. The van der Waals surface area contributed by atoms with Crippen LogP contribution >= 0.6 is 0 Å². The van der Waals surface area contributed by atoms with Gasteiger partial charge in [-0.15, -0.1) is 0 Å². The zero-order valence-electron chi connectivity index (χ0n) is 15.1. The Morgan fingerprint density at radius 2 is 1.79 bits per heavy atom. The van der Waals surface area contributed by atoms with Gasteiger partial charge < -0.3 is 9.84 Å². The van der Waals surface area contributed by atoms with Crippen molar-refractivity contribution in [2.75, 3.05) is 6.61 Å². The Morgan fingerprint density at radius 1 is 1.12 bits per heavy atom. The Morgan fingerprint density at radius 3 is 2.38 bits per heavy atom. The molecule has 0 saturated carbocycles. The number of carbonyl (C=O) groups is 1. The van der Waals surface area contributed by atoms with Crippen molar-refractivity contribution in [3.63, 3.8) is 0 Å². The van der Waals surface area contributed by atoms with Crippen LogP contribution in [-0.4, -0.2) is 17.7 Å². The molecule has 0 bridgehead atoms. The van der Waals surface area contributed by atoms with Crippen molar-refractivity contribution in [2.45, 2.75) is 59.0 Å². The van der Waals surface area contributed by atoms with E-state index in [4.69, 9.17) is 4.74 Å². The zero-order chi connectivity index (χ0) is 17.8. The van der Waals surface area contributed by atoms with Crippen molar-refractivity contribution in [3.05, 3.63) is 59.2 Å². The molecule has 0 saturated heterocycles. The smallest absolute Gasteiger partial charge is 0.330 e. The summed E-state index contributed by atoms with van der Waals surface area (Å²) in [7, 11) is 0. The van der Waals surface area contributed by atoms with Gasteiger partial charge in [-0.1, -0.05) is 68.7 Å². The number of rotatable bonds is 10. The third-order valence-electron chi connectivity index (χ3n) is 3.88. The molecule has 1 aromatic carbocycles. The zero-order valence-corrected chi connectivity index (χ0v) is 15.1. The summed E-state index contributed by atoms with van der Waals surface area (Å²) in [4.78, 5) is 11.5. The first kappa shape index (κ1) is 20.2. The summed E-state index contributed by atoms with van der Waals surface area (Å²) in [6.07, 6.45) is 7.19. The highest BCUT2D eigenvalue weighted by atomic mass is 16.5. The van der Waals surface area contributed by atoms with E-state index in [-0.39, 0.29) is 5.97 Å². The fourth-order valence-corrected chi connectivity index (χ4v) is 2.80. The largest absolute Gasteiger partial charge is 0.463 e. The quantitative estimate of drug-likeness (QED) is 0.368. The minimum Gasteiger partial charge on any atom is -0.463 e. The van der Waals surface area contributed by atoms with Crippen LogP contribution in [0.25, 0.3) is 0 Å². The van der Waals surface area contributed by atoms with Crippen LogP contribution in [0.15, 0.2) is 53.6 Å². The maximum atomic E-state index is 11.5. The molecule has 0 radical (unpaired) electrons. The number of ether oxygens (including phenoxy) is 1. The molecule has 0 aromatic heterocycles. The van der Waals surface area contributed by atoms with E-state index in [1.165, 1.54) is 11.6 Å². The summed E-state index contributed by atoms with van der Waals surface area (Å²) in [6.45, 7) is 6.43. The van der Waals surface area contributed by atoms with Crippen LogP contribution < -0.4 is 0 Å². The van der Waals surface area contributed by atoms with Gasteiger partial charge >= 0.3 is 5.97 Å². The van der Waals surface area contributed by atoms with Crippen LogP contribution in [0, 0.1) is 0 Å². The highest BCUT2D eigenvalue weighted by Gasteiger charge is 2.16. The average molecular weight is 330 g/mol. The molecule has 0 aliphatic carbocycles. The van der Waals surface area contributed by atoms with Gasteiger partial charge in [0.1, 0.15) is 6.10 Å². The number of carbonyl (C=O) groups excluding carboxylic acids is 1. The first-order valence-corrected chi connectivity index (χ1v) is 8.91. The van der Waals surface area contributed by atoms with E-state index in [1.54, 1.807) is 6.92 Å². The van der Waals surface area contributed by atoms with E-state index in [1.807, 2.05) is 36.4 Å². The van der Waals surface area contributed by atoms with Gasteiger partial charge in [-0.3, -0.25) is 0 Å². The lowest BCUT2D eigenvalue weighted by atomic mass is 9.90. The van der Waals surface area contributed by atoms with Gasteiger partial charge in [-0.2, -0.15) is 0 Å². The van der Waals surface area contributed by atoms with Crippen molar-refractivity contribution in [3.8, 4) is 0 Å². The molecule has 24 heavy (non-hydrogen) atoms. The maximum absolute atomic E-state index is 11.5. The Bertz CT molecular complexity index is 543. The molecular formula is C21H30O3. The van der Waals surface area contributed by atoms with E-state index in [0.29, 0.717) is 13.0 Å². The van der Waals surface area contributed by atoms with Crippen molar-refractivity contribution in [1.29, 1.82) is 0 Å². The SMILES string of the molecule is CCC/C(C/C=C/C(=O)OCC)=C(/CCC)C(O)c1ccccc1. The highest BCUT2D eigenvalue weighted by molar-refractivity contribution is 5.81. The Hall–Kier alpha value is -1.87. The van der Waals surface area contributed by atoms with Crippen LogP contribution in [0.2, 0.25) is 0 Å². The minimum absolute atomic E-state index is 0.311. The second-order valence-electron chi connectivity index (χ2n) is 5.80. The molecule has 3 heteroatoms. The summed E-state index contributed by atoms with van der Waals surface area (Å²) in [5, 5.41) is 10.8. The van der Waals surface area contributed by atoms with Gasteiger partial charge in [0.15, 0.2) is 0 Å². The minimum atomic E-state index is -0.580. The molecule has 1 unspecified atom stereocenters. The molecule has 1 N–H and O–H groups in total. The van der Waals surface area contributed by atoms with Crippen LogP contribution in [-0.2, 0) is 9.53 Å². The molecular weight excluding hydrogens is 300 g/mol. The van der Waals surface area contributed by atoms with Gasteiger partial charge in [0, 0.05) is 6.08 Å². The Labute approximate surface area is 146 Å². The molecule has 1 atom stereocenters. The lowest BCUT2D eigenvalue weighted by Crippen LogP contribution is -2.06. The van der Waals surface area contributed by atoms with E-state index in [0.717, 1.165) is 36.8 Å². The third-order valence-corrected chi connectivity index (χ3v) is 3.88. The monoisotopic (exact) mass is 330 g/mol. The molecule has 1 rings (SSSR count). The Kier molecular flexibility index (Phi) is 9.78. The predicted octanol–water partition coefficient (Wildman–Crippen LogP) is 5.13. The lowest BCUT2D eigenvalue weighted by molar-refractivity contribution is -0.137. The molecule has 0 aliphatic rings. The Balaban J connectivity index is 3.02. The molecule has 1 aromatic rings. The van der Waals surface area contributed by atoms with Crippen LogP contribution in [0.4, 0.5) is 0 Å². The number of benzene rings is 1. The summed E-state index contributed by atoms with van der Waals surface area (Å²) in [5.74, 6) is -0.311. The van der Waals surface area contributed by atoms with Crippen molar-refractivity contribution >= 4 is 5.97 Å². The van der Waals surface area contributed by atoms with Crippen LogP contribution in [0.3, 0.4) is 0 Å². The van der Waals surface area contributed by atoms with Gasteiger partial charge in [-0.05, 0) is 37.3 Å². The number of esters is 1. The van der Waals surface area contributed by atoms with Crippen molar-refractivity contribution in [2.24, 2.45) is 0 Å². The molecule has 0 heterocycles. The van der Waals surface area contributed by atoms with Gasteiger partial charge in [0.25, 0.3) is 0 Å². The molecule has 3 nitrogen and oxygen atoms in total. The van der Waals surface area contributed by atoms with E-state index < -0.39 is 6.10 Å². The first-order valence-electron chi connectivity index (χ1n) is 8.91. The fraction of sp³-hybridized carbons (Fsp3) is 0.476. The third kappa shape index (κ3) is 6.71. The number of aliphatic hydroxyl groups is 1. The van der Waals surface area contributed by atoms with E-state index in [2.05, 4.69) is 13.8 Å². The first-order chi connectivity index (χ1) is 11.6. The number of allylic oxidation sites excluding steroid dienone is 2. The summed E-state index contributed by atoms with van der Waals surface area (Å²) < 4.78 is 4.92. The molecule has 0 fully saturated rings. The van der Waals surface area contributed by atoms with Crippen molar-refractivity contribution < 1.29 is 14.6 Å². The second-order valence-corrected chi connectivity index (χ2v) is 5.80. The molecule has 132 valence electrons. The number of hydrogen-bond acceptors (Lipinski definition) is 3. The normalized spacial score (nSPS) is 13.7. The second kappa shape index (κ2) is 11.6. The lowest BCUT2D eigenvalue weighted by Gasteiger charge is -2.20.